The van der Waals surface area contributed by atoms with Gasteiger partial charge in [-0.3, -0.25) is 4.79 Å². The number of rotatable bonds is 4. The van der Waals surface area contributed by atoms with Crippen LogP contribution in [0.1, 0.15) is 10.4 Å². The van der Waals surface area contributed by atoms with Gasteiger partial charge in [-0.1, -0.05) is 42.5 Å². The van der Waals surface area contributed by atoms with Crippen molar-refractivity contribution in [2.45, 2.75) is 0 Å². The topological polar surface area (TPSA) is 42.0 Å². The van der Waals surface area contributed by atoms with Gasteiger partial charge in [0.15, 0.2) is 12.1 Å². The van der Waals surface area contributed by atoms with Crippen molar-refractivity contribution in [2.24, 2.45) is 0 Å². The van der Waals surface area contributed by atoms with Crippen molar-refractivity contribution in [1.29, 1.82) is 0 Å². The van der Waals surface area contributed by atoms with Crippen molar-refractivity contribution in [3.63, 3.8) is 0 Å². The summed E-state index contributed by atoms with van der Waals surface area (Å²) in [5.74, 6) is 0.126. The van der Waals surface area contributed by atoms with Crippen LogP contribution in [0.2, 0.25) is 0 Å². The van der Waals surface area contributed by atoms with Crippen molar-refractivity contribution in [2.75, 3.05) is 5.32 Å². The molecule has 0 unspecified atom stereocenters. The standard InChI is InChI=1S/C20H13FN2OS/c21-18-11-15(10-9-14(18)12-24)22-20-17-8-4-7-16(19(17)25-23-20)13-5-2-1-3-6-13/h1-12H,(H,22,23). The van der Waals surface area contributed by atoms with Crippen LogP contribution in [-0.4, -0.2) is 10.7 Å². The Kier molecular flexibility index (Phi) is 3.99. The molecule has 0 spiro atoms. The van der Waals surface area contributed by atoms with E-state index in [4.69, 9.17) is 0 Å². The molecule has 25 heavy (non-hydrogen) atoms. The fourth-order valence-corrected chi connectivity index (χ4v) is 3.61. The van der Waals surface area contributed by atoms with Gasteiger partial charge in [0, 0.05) is 16.6 Å². The van der Waals surface area contributed by atoms with Gasteiger partial charge < -0.3 is 5.32 Å². The van der Waals surface area contributed by atoms with Gasteiger partial charge in [-0.15, -0.1) is 0 Å². The molecule has 5 heteroatoms. The third-order valence-electron chi connectivity index (χ3n) is 3.97. The molecular weight excluding hydrogens is 335 g/mol. The van der Waals surface area contributed by atoms with E-state index in [-0.39, 0.29) is 5.56 Å². The van der Waals surface area contributed by atoms with Crippen molar-refractivity contribution in [1.82, 2.24) is 4.37 Å². The highest BCUT2D eigenvalue weighted by Crippen LogP contribution is 2.36. The lowest BCUT2D eigenvalue weighted by Crippen LogP contribution is -1.94. The molecule has 0 bridgehead atoms. The molecule has 4 rings (SSSR count). The summed E-state index contributed by atoms with van der Waals surface area (Å²) < 4.78 is 19.3. The van der Waals surface area contributed by atoms with Crippen molar-refractivity contribution in [3.8, 4) is 11.1 Å². The largest absolute Gasteiger partial charge is 0.339 e. The van der Waals surface area contributed by atoms with E-state index < -0.39 is 5.82 Å². The smallest absolute Gasteiger partial charge is 0.152 e. The number of hydrogen-bond acceptors (Lipinski definition) is 4. The number of nitrogens with zero attached hydrogens (tertiary/aromatic N) is 1. The maximum atomic E-state index is 13.8. The number of benzene rings is 3. The van der Waals surface area contributed by atoms with Crippen LogP contribution in [0.3, 0.4) is 0 Å². The molecular formula is C20H13FN2OS. The fraction of sp³-hybridized carbons (Fsp3) is 0. The third kappa shape index (κ3) is 2.90. The first-order valence-corrected chi connectivity index (χ1v) is 8.49. The monoisotopic (exact) mass is 348 g/mol. The average Bonchev–Trinajstić information content (AvgIpc) is 3.06. The third-order valence-corrected chi connectivity index (χ3v) is 4.87. The van der Waals surface area contributed by atoms with E-state index in [1.54, 1.807) is 6.07 Å². The number of anilines is 2. The van der Waals surface area contributed by atoms with Crippen LogP contribution < -0.4 is 5.32 Å². The summed E-state index contributed by atoms with van der Waals surface area (Å²) in [4.78, 5) is 10.7. The Morgan fingerprint density at radius 1 is 1.00 bits per heavy atom. The summed E-state index contributed by atoms with van der Waals surface area (Å²) in [5.41, 5.74) is 2.84. The minimum Gasteiger partial charge on any atom is -0.339 e. The Labute approximate surface area is 147 Å². The second-order valence-corrected chi connectivity index (χ2v) is 6.33. The number of carbonyl (C=O) groups is 1. The molecule has 0 amide bonds. The highest BCUT2D eigenvalue weighted by Gasteiger charge is 2.12. The molecule has 0 saturated carbocycles. The van der Waals surface area contributed by atoms with E-state index in [0.717, 1.165) is 21.2 Å². The van der Waals surface area contributed by atoms with E-state index in [2.05, 4.69) is 27.9 Å². The molecule has 0 aliphatic carbocycles. The fourth-order valence-electron chi connectivity index (χ4n) is 2.73. The van der Waals surface area contributed by atoms with Gasteiger partial charge in [-0.25, -0.2) is 4.39 Å². The Hall–Kier alpha value is -3.05. The summed E-state index contributed by atoms with van der Waals surface area (Å²) in [5, 5.41) is 4.12. The van der Waals surface area contributed by atoms with Gasteiger partial charge in [0.1, 0.15) is 5.82 Å². The first-order valence-electron chi connectivity index (χ1n) is 7.72. The predicted molar refractivity (Wildman–Crippen MR) is 100 cm³/mol. The molecule has 0 aliphatic rings. The SMILES string of the molecule is O=Cc1ccc(Nc2nsc3c(-c4ccccc4)cccc23)cc1F. The molecule has 122 valence electrons. The van der Waals surface area contributed by atoms with Gasteiger partial charge in [0.05, 0.1) is 10.3 Å². The van der Waals surface area contributed by atoms with E-state index in [1.165, 1.54) is 23.7 Å². The Balaban J connectivity index is 1.75. The van der Waals surface area contributed by atoms with Gasteiger partial charge in [0.2, 0.25) is 0 Å². The van der Waals surface area contributed by atoms with Gasteiger partial charge in [-0.2, -0.15) is 4.37 Å². The molecule has 0 atom stereocenters. The van der Waals surface area contributed by atoms with Crippen molar-refractivity contribution < 1.29 is 9.18 Å². The highest BCUT2D eigenvalue weighted by molar-refractivity contribution is 7.14. The zero-order valence-corrected chi connectivity index (χ0v) is 13.9. The number of hydrogen-bond donors (Lipinski definition) is 1. The second-order valence-electron chi connectivity index (χ2n) is 5.56. The molecule has 4 aromatic rings. The van der Waals surface area contributed by atoms with Crippen LogP contribution in [0.25, 0.3) is 21.2 Å². The molecule has 1 aromatic heterocycles. The minimum atomic E-state index is -0.551. The number of nitrogens with one attached hydrogen (secondary N) is 1. The maximum Gasteiger partial charge on any atom is 0.152 e. The first kappa shape index (κ1) is 15.5. The molecule has 0 fully saturated rings. The van der Waals surface area contributed by atoms with E-state index in [9.17, 15) is 9.18 Å². The number of halogens is 1. The number of fused-ring (bicyclic) bond motifs is 1. The van der Waals surface area contributed by atoms with Crippen LogP contribution in [-0.2, 0) is 0 Å². The van der Waals surface area contributed by atoms with Gasteiger partial charge >= 0.3 is 0 Å². The zero-order chi connectivity index (χ0) is 17.2. The lowest BCUT2D eigenvalue weighted by molar-refractivity contribution is 0.112. The lowest BCUT2D eigenvalue weighted by atomic mass is 10.0. The normalized spacial score (nSPS) is 10.8. The minimum absolute atomic E-state index is 0.0417. The van der Waals surface area contributed by atoms with Crippen LogP contribution in [0, 0.1) is 5.82 Å². The van der Waals surface area contributed by atoms with E-state index >= 15 is 0 Å². The molecule has 3 nitrogen and oxygen atoms in total. The highest BCUT2D eigenvalue weighted by atomic mass is 32.1. The van der Waals surface area contributed by atoms with E-state index in [1.807, 2.05) is 30.3 Å². The quantitative estimate of drug-likeness (QED) is 0.484. The van der Waals surface area contributed by atoms with Crippen molar-refractivity contribution >= 4 is 39.4 Å². The summed E-state index contributed by atoms with van der Waals surface area (Å²) in [6.07, 6.45) is 0.503. The van der Waals surface area contributed by atoms with Gasteiger partial charge in [0.25, 0.3) is 0 Å². The van der Waals surface area contributed by atoms with Crippen LogP contribution in [0.4, 0.5) is 15.9 Å². The zero-order valence-electron chi connectivity index (χ0n) is 13.1. The number of aldehydes is 1. The van der Waals surface area contributed by atoms with Gasteiger partial charge in [-0.05, 0) is 41.4 Å². The lowest BCUT2D eigenvalue weighted by Gasteiger charge is -2.06. The first-order chi connectivity index (χ1) is 12.3. The summed E-state index contributed by atoms with van der Waals surface area (Å²) in [6, 6.07) is 20.6. The molecule has 3 aromatic carbocycles. The molecule has 0 aliphatic heterocycles. The van der Waals surface area contributed by atoms with Crippen molar-refractivity contribution in [3.05, 3.63) is 78.1 Å². The van der Waals surface area contributed by atoms with Crippen LogP contribution in [0.15, 0.2) is 66.7 Å². The summed E-state index contributed by atoms with van der Waals surface area (Å²) in [6.45, 7) is 0. The maximum absolute atomic E-state index is 13.8. The Morgan fingerprint density at radius 3 is 2.60 bits per heavy atom. The molecule has 1 N–H and O–H groups in total. The average molecular weight is 348 g/mol. The molecule has 1 heterocycles. The Bertz CT molecular complexity index is 1060. The summed E-state index contributed by atoms with van der Waals surface area (Å²) >= 11 is 1.40. The molecule has 0 radical (unpaired) electrons. The predicted octanol–water partition coefficient (Wildman–Crippen LogP) is 5.66. The van der Waals surface area contributed by atoms with Crippen LogP contribution >= 0.6 is 11.5 Å². The second kappa shape index (κ2) is 6.45. The number of aromatic nitrogens is 1. The summed E-state index contributed by atoms with van der Waals surface area (Å²) in [7, 11) is 0. The number of carbonyl (C=O) groups excluding carboxylic acids is 1. The Morgan fingerprint density at radius 2 is 1.84 bits per heavy atom. The van der Waals surface area contributed by atoms with Crippen LogP contribution in [0.5, 0.6) is 0 Å². The molecule has 0 saturated heterocycles. The van der Waals surface area contributed by atoms with E-state index in [0.29, 0.717) is 17.8 Å².